The summed E-state index contributed by atoms with van der Waals surface area (Å²) < 4.78 is 5.43. The lowest BCUT2D eigenvalue weighted by Crippen LogP contribution is -2.34. The van der Waals surface area contributed by atoms with E-state index in [1.165, 1.54) is 31.2 Å². The van der Waals surface area contributed by atoms with Crippen LogP contribution in [-0.2, 0) is 0 Å². The van der Waals surface area contributed by atoms with Gasteiger partial charge >= 0.3 is 0 Å². The molecule has 1 fully saturated rings. The normalized spacial score (nSPS) is 19.7. The van der Waals surface area contributed by atoms with Crippen molar-refractivity contribution in [2.45, 2.75) is 51.6 Å². The number of nitrogens with one attached hydrogen (secondary N) is 1. The highest BCUT2D eigenvalue weighted by Crippen LogP contribution is 2.30. The lowest BCUT2D eigenvalue weighted by Gasteiger charge is -2.26. The van der Waals surface area contributed by atoms with Gasteiger partial charge in [-0.15, -0.1) is 0 Å². The molecule has 1 unspecified atom stereocenters. The number of hydrogen-bond acceptors (Lipinski definition) is 2. The Labute approximate surface area is 111 Å². The Bertz CT molecular complexity index is 371. The third-order valence-electron chi connectivity index (χ3n) is 4.23. The van der Waals surface area contributed by atoms with E-state index in [1.807, 2.05) is 12.1 Å². The van der Waals surface area contributed by atoms with Crippen molar-refractivity contribution in [1.29, 1.82) is 0 Å². The summed E-state index contributed by atoms with van der Waals surface area (Å²) in [6, 6.07) is 9.22. The average Bonchev–Trinajstić information content (AvgIpc) is 2.92. The van der Waals surface area contributed by atoms with Crippen LogP contribution in [0.15, 0.2) is 24.3 Å². The maximum absolute atomic E-state index is 5.43. The number of rotatable bonds is 5. The van der Waals surface area contributed by atoms with Crippen LogP contribution in [0.3, 0.4) is 0 Å². The summed E-state index contributed by atoms with van der Waals surface area (Å²) in [6.45, 7) is 4.55. The van der Waals surface area contributed by atoms with Crippen molar-refractivity contribution < 1.29 is 4.74 Å². The molecular weight excluding hydrogens is 222 g/mol. The molecule has 1 aliphatic carbocycles. The van der Waals surface area contributed by atoms with Gasteiger partial charge in [-0.25, -0.2) is 0 Å². The summed E-state index contributed by atoms with van der Waals surface area (Å²) in [5.74, 6) is 1.83. The van der Waals surface area contributed by atoms with E-state index in [-0.39, 0.29) is 0 Å². The lowest BCUT2D eigenvalue weighted by atomic mass is 9.97. The van der Waals surface area contributed by atoms with E-state index in [0.717, 1.165) is 11.7 Å². The summed E-state index contributed by atoms with van der Waals surface area (Å²) in [4.78, 5) is 0. The maximum atomic E-state index is 5.43. The van der Waals surface area contributed by atoms with E-state index in [4.69, 9.17) is 4.74 Å². The zero-order valence-electron chi connectivity index (χ0n) is 11.8. The maximum Gasteiger partial charge on any atom is 0.123 e. The van der Waals surface area contributed by atoms with Crippen LogP contribution in [0.1, 0.15) is 51.1 Å². The fourth-order valence-electron chi connectivity index (χ4n) is 3.10. The van der Waals surface area contributed by atoms with Gasteiger partial charge in [-0.1, -0.05) is 31.0 Å². The molecule has 0 spiro atoms. The summed E-state index contributed by atoms with van der Waals surface area (Å²) in [7, 11) is 1.74. The molecule has 18 heavy (non-hydrogen) atoms. The van der Waals surface area contributed by atoms with Crippen molar-refractivity contribution in [1.82, 2.24) is 5.32 Å². The first kappa shape index (κ1) is 13.4. The Morgan fingerprint density at radius 3 is 2.50 bits per heavy atom. The van der Waals surface area contributed by atoms with Gasteiger partial charge in [0.05, 0.1) is 7.11 Å². The van der Waals surface area contributed by atoms with Crippen molar-refractivity contribution in [3.05, 3.63) is 29.8 Å². The van der Waals surface area contributed by atoms with Crippen LogP contribution in [0.4, 0.5) is 0 Å². The molecule has 1 N–H and O–H groups in total. The minimum Gasteiger partial charge on any atom is -0.496 e. The molecule has 2 heteroatoms. The van der Waals surface area contributed by atoms with Gasteiger partial charge in [0.1, 0.15) is 5.75 Å². The Balaban J connectivity index is 1.99. The molecule has 1 aromatic carbocycles. The van der Waals surface area contributed by atoms with E-state index >= 15 is 0 Å². The monoisotopic (exact) mass is 247 g/mol. The summed E-state index contributed by atoms with van der Waals surface area (Å²) in [5, 5.41) is 3.73. The van der Waals surface area contributed by atoms with Gasteiger partial charge in [0.15, 0.2) is 0 Å². The quantitative estimate of drug-likeness (QED) is 0.851. The zero-order chi connectivity index (χ0) is 13.0. The summed E-state index contributed by atoms with van der Waals surface area (Å²) in [5.41, 5.74) is 1.25. The van der Waals surface area contributed by atoms with Crippen LogP contribution in [0.25, 0.3) is 0 Å². The number of hydrogen-bond donors (Lipinski definition) is 1. The molecule has 1 aromatic rings. The Morgan fingerprint density at radius 2 is 1.83 bits per heavy atom. The second kappa shape index (κ2) is 6.24. The first-order chi connectivity index (χ1) is 8.72. The second-order valence-corrected chi connectivity index (χ2v) is 5.46. The molecule has 0 saturated heterocycles. The van der Waals surface area contributed by atoms with Crippen LogP contribution in [-0.4, -0.2) is 13.2 Å². The van der Waals surface area contributed by atoms with Gasteiger partial charge in [0.25, 0.3) is 0 Å². The largest absolute Gasteiger partial charge is 0.496 e. The number of methoxy groups -OCH3 is 1. The molecule has 100 valence electrons. The first-order valence-corrected chi connectivity index (χ1v) is 7.11. The smallest absolute Gasteiger partial charge is 0.123 e. The molecule has 0 amide bonds. The SMILES string of the molecule is COc1ccccc1[C@H](C)NC(C)C1CCCC1. The van der Waals surface area contributed by atoms with E-state index in [1.54, 1.807) is 7.11 Å². The molecule has 2 atom stereocenters. The van der Waals surface area contributed by atoms with Crippen molar-refractivity contribution in [2.75, 3.05) is 7.11 Å². The summed E-state index contributed by atoms with van der Waals surface area (Å²) in [6.07, 6.45) is 5.57. The van der Waals surface area contributed by atoms with Crippen LogP contribution in [0.5, 0.6) is 5.75 Å². The number of ether oxygens (including phenoxy) is 1. The van der Waals surface area contributed by atoms with Gasteiger partial charge in [-0.3, -0.25) is 0 Å². The van der Waals surface area contributed by atoms with Crippen LogP contribution in [0.2, 0.25) is 0 Å². The Morgan fingerprint density at radius 1 is 1.17 bits per heavy atom. The van der Waals surface area contributed by atoms with Crippen LogP contribution >= 0.6 is 0 Å². The van der Waals surface area contributed by atoms with Crippen LogP contribution < -0.4 is 10.1 Å². The van der Waals surface area contributed by atoms with Gasteiger partial charge in [-0.2, -0.15) is 0 Å². The molecule has 0 aromatic heterocycles. The summed E-state index contributed by atoms with van der Waals surface area (Å²) >= 11 is 0. The van der Waals surface area contributed by atoms with Gasteiger partial charge in [0, 0.05) is 17.6 Å². The molecule has 0 heterocycles. The van der Waals surface area contributed by atoms with Gasteiger partial charge in [0.2, 0.25) is 0 Å². The van der Waals surface area contributed by atoms with Crippen molar-refractivity contribution in [3.8, 4) is 5.75 Å². The van der Waals surface area contributed by atoms with Crippen molar-refractivity contribution >= 4 is 0 Å². The topological polar surface area (TPSA) is 21.3 Å². The second-order valence-electron chi connectivity index (χ2n) is 5.46. The average molecular weight is 247 g/mol. The number of para-hydroxylation sites is 1. The van der Waals surface area contributed by atoms with E-state index in [2.05, 4.69) is 31.3 Å². The van der Waals surface area contributed by atoms with E-state index in [9.17, 15) is 0 Å². The molecule has 2 rings (SSSR count). The minimum atomic E-state index is 0.344. The fourth-order valence-corrected chi connectivity index (χ4v) is 3.10. The fraction of sp³-hybridized carbons (Fsp3) is 0.625. The molecule has 1 aliphatic rings. The molecule has 2 nitrogen and oxygen atoms in total. The predicted molar refractivity (Wildman–Crippen MR) is 76.0 cm³/mol. The van der Waals surface area contributed by atoms with E-state index < -0.39 is 0 Å². The zero-order valence-corrected chi connectivity index (χ0v) is 11.8. The minimum absolute atomic E-state index is 0.344. The standard InChI is InChI=1S/C16H25NO/c1-12(14-8-4-5-9-14)17-13(2)15-10-6-7-11-16(15)18-3/h6-7,10-14,17H,4-5,8-9H2,1-3H3/t12?,13-/m0/s1. The number of benzene rings is 1. The molecular formula is C16H25NO. The lowest BCUT2D eigenvalue weighted by molar-refractivity contribution is 0.344. The van der Waals surface area contributed by atoms with Crippen LogP contribution in [0, 0.1) is 5.92 Å². The Kier molecular flexibility index (Phi) is 4.65. The Hall–Kier alpha value is -1.02. The highest BCUT2D eigenvalue weighted by molar-refractivity contribution is 5.35. The first-order valence-electron chi connectivity index (χ1n) is 7.11. The molecule has 0 bridgehead atoms. The predicted octanol–water partition coefficient (Wildman–Crippen LogP) is 3.92. The molecule has 0 radical (unpaired) electrons. The third kappa shape index (κ3) is 3.05. The third-order valence-corrected chi connectivity index (χ3v) is 4.23. The van der Waals surface area contributed by atoms with Crippen molar-refractivity contribution in [3.63, 3.8) is 0 Å². The molecule has 1 saturated carbocycles. The van der Waals surface area contributed by atoms with Gasteiger partial charge in [-0.05, 0) is 38.7 Å². The van der Waals surface area contributed by atoms with Gasteiger partial charge < -0.3 is 10.1 Å². The van der Waals surface area contributed by atoms with Crippen molar-refractivity contribution in [2.24, 2.45) is 5.92 Å². The highest BCUT2D eigenvalue weighted by atomic mass is 16.5. The molecule has 0 aliphatic heterocycles. The van der Waals surface area contributed by atoms with E-state index in [0.29, 0.717) is 12.1 Å². The highest BCUT2D eigenvalue weighted by Gasteiger charge is 2.23.